The monoisotopic (exact) mass is 204 g/mol. The fourth-order valence-corrected chi connectivity index (χ4v) is 1.56. The van der Waals surface area contributed by atoms with Crippen molar-refractivity contribution < 1.29 is 5.11 Å². The zero-order chi connectivity index (χ0) is 11.1. The molecule has 0 fully saturated rings. The normalized spacial score (nSPS) is 12.0. The molecule has 0 aromatic heterocycles. The summed E-state index contributed by atoms with van der Waals surface area (Å²) in [6.45, 7) is 2.71. The Morgan fingerprint density at radius 2 is 2.20 bits per heavy atom. The molecule has 3 nitrogen and oxygen atoms in total. The number of aromatic hydroxyl groups is 1. The summed E-state index contributed by atoms with van der Waals surface area (Å²) in [5.41, 5.74) is 0.901. The molecule has 1 unspecified atom stereocenters. The van der Waals surface area contributed by atoms with Crippen LogP contribution in [-0.2, 0) is 0 Å². The number of nitriles is 1. The molecule has 0 heterocycles. The first kappa shape index (κ1) is 11.5. The van der Waals surface area contributed by atoms with Crippen LogP contribution in [0.1, 0.15) is 31.4 Å². The van der Waals surface area contributed by atoms with Gasteiger partial charge in [0.15, 0.2) is 0 Å². The van der Waals surface area contributed by atoms with Crippen molar-refractivity contribution in [1.29, 1.82) is 5.26 Å². The van der Waals surface area contributed by atoms with Crippen molar-refractivity contribution in [2.24, 2.45) is 0 Å². The van der Waals surface area contributed by atoms with Gasteiger partial charge in [-0.2, -0.15) is 5.26 Å². The number of phenols is 1. The Balaban J connectivity index is 2.66. The van der Waals surface area contributed by atoms with E-state index in [0.29, 0.717) is 18.7 Å². The number of para-hydroxylation sites is 1. The van der Waals surface area contributed by atoms with Crippen LogP contribution in [0.3, 0.4) is 0 Å². The van der Waals surface area contributed by atoms with E-state index in [2.05, 4.69) is 18.3 Å². The molecule has 0 spiro atoms. The lowest BCUT2D eigenvalue weighted by Crippen LogP contribution is -2.21. The van der Waals surface area contributed by atoms with Crippen molar-refractivity contribution in [2.45, 2.75) is 25.8 Å². The van der Waals surface area contributed by atoms with Gasteiger partial charge >= 0.3 is 0 Å². The SMILES string of the molecule is CCC(NCCC#N)c1ccccc1O. The van der Waals surface area contributed by atoms with Crippen molar-refractivity contribution in [3.63, 3.8) is 0 Å². The van der Waals surface area contributed by atoms with Gasteiger partial charge in [-0.05, 0) is 12.5 Å². The van der Waals surface area contributed by atoms with Gasteiger partial charge in [0.1, 0.15) is 5.75 Å². The smallest absolute Gasteiger partial charge is 0.120 e. The topological polar surface area (TPSA) is 56.0 Å². The summed E-state index contributed by atoms with van der Waals surface area (Å²) in [7, 11) is 0. The van der Waals surface area contributed by atoms with Crippen LogP contribution < -0.4 is 5.32 Å². The maximum atomic E-state index is 9.66. The second-order valence-corrected chi connectivity index (χ2v) is 3.38. The minimum atomic E-state index is 0.125. The van der Waals surface area contributed by atoms with E-state index in [0.717, 1.165) is 12.0 Å². The molecule has 0 amide bonds. The van der Waals surface area contributed by atoms with Gasteiger partial charge in [0, 0.05) is 24.6 Å². The number of nitrogens with zero attached hydrogens (tertiary/aromatic N) is 1. The van der Waals surface area contributed by atoms with Gasteiger partial charge in [0.25, 0.3) is 0 Å². The highest BCUT2D eigenvalue weighted by molar-refractivity contribution is 5.34. The van der Waals surface area contributed by atoms with Crippen LogP contribution in [0.5, 0.6) is 5.75 Å². The average Bonchev–Trinajstić information content (AvgIpc) is 2.26. The van der Waals surface area contributed by atoms with Crippen LogP contribution in [-0.4, -0.2) is 11.7 Å². The highest BCUT2D eigenvalue weighted by atomic mass is 16.3. The zero-order valence-electron chi connectivity index (χ0n) is 8.90. The number of nitrogens with one attached hydrogen (secondary N) is 1. The third kappa shape index (κ3) is 3.26. The van der Waals surface area contributed by atoms with E-state index in [-0.39, 0.29) is 6.04 Å². The van der Waals surface area contributed by atoms with Gasteiger partial charge in [-0.1, -0.05) is 25.1 Å². The number of hydrogen-bond acceptors (Lipinski definition) is 3. The maximum absolute atomic E-state index is 9.66. The predicted molar refractivity (Wildman–Crippen MR) is 59.4 cm³/mol. The molecule has 80 valence electrons. The molecule has 0 aliphatic rings. The highest BCUT2D eigenvalue weighted by Crippen LogP contribution is 2.25. The summed E-state index contributed by atoms with van der Waals surface area (Å²) in [6.07, 6.45) is 1.38. The Morgan fingerprint density at radius 1 is 1.47 bits per heavy atom. The predicted octanol–water partition coefficient (Wildman–Crippen LogP) is 2.35. The zero-order valence-corrected chi connectivity index (χ0v) is 8.90. The molecule has 1 aromatic rings. The summed E-state index contributed by atoms with van der Waals surface area (Å²) in [5.74, 6) is 0.314. The molecule has 2 N–H and O–H groups in total. The molecular formula is C12H16N2O. The van der Waals surface area contributed by atoms with Crippen molar-refractivity contribution in [3.05, 3.63) is 29.8 Å². The van der Waals surface area contributed by atoms with Gasteiger partial charge in [-0.3, -0.25) is 0 Å². The Hall–Kier alpha value is -1.53. The highest BCUT2D eigenvalue weighted by Gasteiger charge is 2.11. The molecule has 0 radical (unpaired) electrons. The van der Waals surface area contributed by atoms with E-state index in [4.69, 9.17) is 5.26 Å². The first-order chi connectivity index (χ1) is 7.29. The van der Waals surface area contributed by atoms with Crippen molar-refractivity contribution in [3.8, 4) is 11.8 Å². The lowest BCUT2D eigenvalue weighted by molar-refractivity contribution is 0.443. The van der Waals surface area contributed by atoms with Gasteiger partial charge in [-0.25, -0.2) is 0 Å². The molecular weight excluding hydrogens is 188 g/mol. The summed E-state index contributed by atoms with van der Waals surface area (Å²) in [5, 5.41) is 21.3. The molecule has 1 rings (SSSR count). The van der Waals surface area contributed by atoms with Gasteiger partial charge in [-0.15, -0.1) is 0 Å². The lowest BCUT2D eigenvalue weighted by Gasteiger charge is -2.17. The van der Waals surface area contributed by atoms with Crippen molar-refractivity contribution in [2.75, 3.05) is 6.54 Å². The summed E-state index contributed by atoms with van der Waals surface area (Å²) in [4.78, 5) is 0. The van der Waals surface area contributed by atoms with Crippen molar-refractivity contribution in [1.82, 2.24) is 5.32 Å². The number of phenolic OH excluding ortho intramolecular Hbond substituents is 1. The Labute approximate surface area is 90.4 Å². The second kappa shape index (κ2) is 6.05. The van der Waals surface area contributed by atoms with E-state index in [1.54, 1.807) is 12.1 Å². The molecule has 0 bridgehead atoms. The van der Waals surface area contributed by atoms with E-state index in [1.807, 2.05) is 12.1 Å². The molecule has 0 saturated carbocycles. The van der Waals surface area contributed by atoms with E-state index < -0.39 is 0 Å². The Kier molecular flexibility index (Phi) is 4.65. The molecule has 0 aliphatic heterocycles. The minimum absolute atomic E-state index is 0.125. The molecule has 15 heavy (non-hydrogen) atoms. The third-order valence-electron chi connectivity index (χ3n) is 2.35. The lowest BCUT2D eigenvalue weighted by atomic mass is 10.0. The van der Waals surface area contributed by atoms with E-state index >= 15 is 0 Å². The van der Waals surface area contributed by atoms with Gasteiger partial charge in [0.05, 0.1) is 6.07 Å². The van der Waals surface area contributed by atoms with Crippen LogP contribution >= 0.6 is 0 Å². The standard InChI is InChI=1S/C12H16N2O/c1-2-11(14-9-5-8-13)10-6-3-4-7-12(10)15/h3-4,6-7,11,14-15H,2,5,9H2,1H3. The van der Waals surface area contributed by atoms with Gasteiger partial charge < -0.3 is 10.4 Å². The summed E-state index contributed by atoms with van der Waals surface area (Å²) in [6, 6.07) is 9.52. The molecule has 0 saturated heterocycles. The third-order valence-corrected chi connectivity index (χ3v) is 2.35. The van der Waals surface area contributed by atoms with Crippen molar-refractivity contribution >= 4 is 0 Å². The maximum Gasteiger partial charge on any atom is 0.120 e. The first-order valence-corrected chi connectivity index (χ1v) is 5.17. The Morgan fingerprint density at radius 3 is 2.80 bits per heavy atom. The van der Waals surface area contributed by atoms with E-state index in [9.17, 15) is 5.11 Å². The van der Waals surface area contributed by atoms with Crippen LogP contribution in [0.15, 0.2) is 24.3 Å². The average molecular weight is 204 g/mol. The second-order valence-electron chi connectivity index (χ2n) is 3.38. The summed E-state index contributed by atoms with van der Waals surface area (Å²) < 4.78 is 0. The largest absolute Gasteiger partial charge is 0.508 e. The van der Waals surface area contributed by atoms with Crippen LogP contribution in [0.4, 0.5) is 0 Å². The van der Waals surface area contributed by atoms with Crippen LogP contribution in [0, 0.1) is 11.3 Å². The molecule has 1 aromatic carbocycles. The number of rotatable bonds is 5. The fraction of sp³-hybridized carbons (Fsp3) is 0.417. The minimum Gasteiger partial charge on any atom is -0.508 e. The number of benzene rings is 1. The number of hydrogen-bond donors (Lipinski definition) is 2. The summed E-state index contributed by atoms with van der Waals surface area (Å²) >= 11 is 0. The van der Waals surface area contributed by atoms with Crippen LogP contribution in [0.2, 0.25) is 0 Å². The van der Waals surface area contributed by atoms with E-state index in [1.165, 1.54) is 0 Å². The molecule has 3 heteroatoms. The quantitative estimate of drug-likeness (QED) is 0.724. The molecule has 1 atom stereocenters. The van der Waals surface area contributed by atoms with Crippen LogP contribution in [0.25, 0.3) is 0 Å². The first-order valence-electron chi connectivity index (χ1n) is 5.17. The van der Waals surface area contributed by atoms with Gasteiger partial charge in [0.2, 0.25) is 0 Å². The fourth-order valence-electron chi connectivity index (χ4n) is 1.56. The molecule has 0 aliphatic carbocycles. The Bertz CT molecular complexity index is 344.